The van der Waals surface area contributed by atoms with Gasteiger partial charge in [-0.15, -0.1) is 11.3 Å². The smallest absolute Gasteiger partial charge is 0.321 e. The highest BCUT2D eigenvalue weighted by Gasteiger charge is 2.19. The highest BCUT2D eigenvalue weighted by molar-refractivity contribution is 7.15. The van der Waals surface area contributed by atoms with Crippen LogP contribution in [0.2, 0.25) is 0 Å². The van der Waals surface area contributed by atoms with Gasteiger partial charge < -0.3 is 15.0 Å². The third-order valence-electron chi connectivity index (χ3n) is 4.01. The summed E-state index contributed by atoms with van der Waals surface area (Å²) in [6, 6.07) is 7.61. The molecule has 0 unspecified atom stereocenters. The Morgan fingerprint density at radius 1 is 1.42 bits per heavy atom. The van der Waals surface area contributed by atoms with Crippen LogP contribution in [0.25, 0.3) is 0 Å². The summed E-state index contributed by atoms with van der Waals surface area (Å²) in [5.41, 5.74) is 2.19. The summed E-state index contributed by atoms with van der Waals surface area (Å²) in [5, 5.41) is 6.38. The molecule has 3 rings (SSSR count). The predicted molar refractivity (Wildman–Crippen MR) is 95.9 cm³/mol. The summed E-state index contributed by atoms with van der Waals surface area (Å²) in [6.45, 7) is 2.46. The minimum Gasteiger partial charge on any atom is -0.496 e. The number of benzene rings is 1. The fraction of sp³-hybridized carbons (Fsp3) is 0.412. The molecule has 2 aromatic rings. The number of ether oxygens (including phenoxy) is 1. The van der Waals surface area contributed by atoms with Crippen LogP contribution in [0.4, 0.5) is 9.93 Å². The van der Waals surface area contributed by atoms with Crippen molar-refractivity contribution in [2.24, 2.45) is 0 Å². The highest BCUT2D eigenvalue weighted by Crippen LogP contribution is 2.27. The van der Waals surface area contributed by atoms with Gasteiger partial charge in [0.05, 0.1) is 12.8 Å². The monoisotopic (exact) mass is 346 g/mol. The second kappa shape index (κ2) is 7.63. The second-order valence-corrected chi connectivity index (χ2v) is 6.90. The number of nitrogens with zero attached hydrogens (tertiary/aromatic N) is 2. The average Bonchev–Trinajstić information content (AvgIpc) is 2.96. The van der Waals surface area contributed by atoms with Gasteiger partial charge in [-0.3, -0.25) is 5.32 Å². The number of fused-ring (bicyclic) bond motifs is 1. The molecule has 0 radical (unpaired) electrons. The van der Waals surface area contributed by atoms with E-state index in [2.05, 4.69) is 27.6 Å². The number of carbonyl (C=O) groups is 1. The number of hydrogen-bond acceptors (Lipinski definition) is 5. The minimum atomic E-state index is -0.218. The van der Waals surface area contributed by atoms with Crippen LogP contribution in [0.5, 0.6) is 5.75 Å². The number of urea groups is 1. The maximum absolute atomic E-state index is 12.0. The number of rotatable bonds is 5. The van der Waals surface area contributed by atoms with E-state index in [9.17, 15) is 4.79 Å². The molecule has 2 amide bonds. The molecular weight excluding hydrogens is 324 g/mol. The van der Waals surface area contributed by atoms with Crippen molar-refractivity contribution < 1.29 is 9.53 Å². The molecule has 1 aliphatic rings. The number of amides is 2. The van der Waals surface area contributed by atoms with Gasteiger partial charge in [-0.1, -0.05) is 18.2 Å². The molecule has 7 heteroatoms. The number of nitrogens with one attached hydrogen (secondary N) is 2. The van der Waals surface area contributed by atoms with Crippen LogP contribution < -0.4 is 15.4 Å². The van der Waals surface area contributed by atoms with Crippen molar-refractivity contribution in [1.82, 2.24) is 15.2 Å². The molecule has 2 N–H and O–H groups in total. The van der Waals surface area contributed by atoms with E-state index >= 15 is 0 Å². The Kier molecular flexibility index (Phi) is 5.32. The van der Waals surface area contributed by atoms with E-state index in [0.29, 0.717) is 11.7 Å². The summed E-state index contributed by atoms with van der Waals surface area (Å²) < 4.78 is 5.31. The van der Waals surface area contributed by atoms with Crippen molar-refractivity contribution >= 4 is 22.5 Å². The molecule has 1 aromatic heterocycles. The molecule has 2 heterocycles. The van der Waals surface area contributed by atoms with Gasteiger partial charge in [0.2, 0.25) is 0 Å². The number of para-hydroxylation sites is 1. The maximum Gasteiger partial charge on any atom is 0.321 e. The van der Waals surface area contributed by atoms with Crippen molar-refractivity contribution in [1.29, 1.82) is 0 Å². The van der Waals surface area contributed by atoms with Crippen LogP contribution in [0, 0.1) is 0 Å². The van der Waals surface area contributed by atoms with Gasteiger partial charge in [0.1, 0.15) is 5.75 Å². The van der Waals surface area contributed by atoms with E-state index in [0.717, 1.165) is 42.9 Å². The molecule has 0 fully saturated rings. The van der Waals surface area contributed by atoms with Crippen LogP contribution in [0.15, 0.2) is 24.3 Å². The van der Waals surface area contributed by atoms with Gasteiger partial charge in [0.25, 0.3) is 0 Å². The molecule has 128 valence electrons. The van der Waals surface area contributed by atoms with Gasteiger partial charge in [-0.05, 0) is 25.1 Å². The highest BCUT2D eigenvalue weighted by atomic mass is 32.1. The molecular formula is C17H22N4O2S. The van der Waals surface area contributed by atoms with E-state index < -0.39 is 0 Å². The zero-order valence-corrected chi connectivity index (χ0v) is 14.8. The minimum absolute atomic E-state index is 0.218. The van der Waals surface area contributed by atoms with Crippen LogP contribution in [0.1, 0.15) is 16.1 Å². The summed E-state index contributed by atoms with van der Waals surface area (Å²) in [6.07, 6.45) is 1.66. The summed E-state index contributed by atoms with van der Waals surface area (Å²) in [7, 11) is 3.75. The van der Waals surface area contributed by atoms with Crippen molar-refractivity contribution in [2.75, 3.05) is 32.6 Å². The molecule has 0 spiro atoms. The van der Waals surface area contributed by atoms with Crippen molar-refractivity contribution in [3.8, 4) is 5.75 Å². The Labute approximate surface area is 145 Å². The Bertz CT molecular complexity index is 716. The summed E-state index contributed by atoms with van der Waals surface area (Å²) >= 11 is 1.56. The maximum atomic E-state index is 12.0. The first-order valence-electron chi connectivity index (χ1n) is 7.99. The lowest BCUT2D eigenvalue weighted by molar-refractivity contribution is 0.252. The predicted octanol–water partition coefficient (Wildman–Crippen LogP) is 2.50. The molecule has 0 bridgehead atoms. The average molecular weight is 346 g/mol. The second-order valence-electron chi connectivity index (χ2n) is 5.82. The molecule has 0 atom stereocenters. The summed E-state index contributed by atoms with van der Waals surface area (Å²) in [5.74, 6) is 0.844. The number of carbonyl (C=O) groups excluding carboxylic acids is 1. The summed E-state index contributed by atoms with van der Waals surface area (Å²) in [4.78, 5) is 20.1. The third-order valence-corrected chi connectivity index (χ3v) is 5.01. The largest absolute Gasteiger partial charge is 0.496 e. The van der Waals surface area contributed by atoms with Crippen LogP contribution in [0.3, 0.4) is 0 Å². The van der Waals surface area contributed by atoms with E-state index in [-0.39, 0.29) is 6.03 Å². The van der Waals surface area contributed by atoms with Gasteiger partial charge in [-0.25, -0.2) is 9.78 Å². The number of methoxy groups -OCH3 is 1. The first-order chi connectivity index (χ1) is 11.7. The normalized spacial score (nSPS) is 14.1. The number of anilines is 1. The van der Waals surface area contributed by atoms with E-state index in [4.69, 9.17) is 4.74 Å². The van der Waals surface area contributed by atoms with Gasteiger partial charge in [0, 0.05) is 30.9 Å². The van der Waals surface area contributed by atoms with E-state index in [1.165, 1.54) is 4.88 Å². The lowest BCUT2D eigenvalue weighted by atomic mass is 10.1. The molecule has 0 saturated heterocycles. The topological polar surface area (TPSA) is 66.5 Å². The Morgan fingerprint density at radius 2 is 2.25 bits per heavy atom. The zero-order valence-electron chi connectivity index (χ0n) is 14.0. The lowest BCUT2D eigenvalue weighted by Gasteiger charge is -2.20. The quantitative estimate of drug-likeness (QED) is 0.873. The van der Waals surface area contributed by atoms with Gasteiger partial charge >= 0.3 is 6.03 Å². The Hall–Kier alpha value is -2.12. The Balaban J connectivity index is 1.49. The van der Waals surface area contributed by atoms with E-state index in [1.54, 1.807) is 18.4 Å². The van der Waals surface area contributed by atoms with E-state index in [1.807, 2.05) is 24.3 Å². The van der Waals surface area contributed by atoms with Crippen LogP contribution in [-0.2, 0) is 19.4 Å². The SMILES string of the molecule is COc1ccccc1CCNC(=O)Nc1nc2c(s1)CN(C)CC2. The third kappa shape index (κ3) is 4.04. The number of likely N-dealkylation sites (N-methyl/N-ethyl adjacent to an activating group) is 1. The van der Waals surface area contributed by atoms with Crippen molar-refractivity contribution in [2.45, 2.75) is 19.4 Å². The first kappa shape index (κ1) is 16.7. The molecule has 6 nitrogen and oxygen atoms in total. The van der Waals surface area contributed by atoms with Crippen LogP contribution in [-0.4, -0.2) is 43.2 Å². The standard InChI is InChI=1S/C17H22N4O2S/c1-21-10-8-13-15(11-21)24-17(19-13)20-16(22)18-9-7-12-5-3-4-6-14(12)23-2/h3-6H,7-11H2,1-2H3,(H2,18,19,20,22). The first-order valence-corrected chi connectivity index (χ1v) is 8.81. The molecule has 24 heavy (non-hydrogen) atoms. The van der Waals surface area contributed by atoms with Crippen molar-refractivity contribution in [3.63, 3.8) is 0 Å². The molecule has 1 aromatic carbocycles. The van der Waals surface area contributed by atoms with Gasteiger partial charge in [-0.2, -0.15) is 0 Å². The lowest BCUT2D eigenvalue weighted by Crippen LogP contribution is -2.30. The fourth-order valence-electron chi connectivity index (χ4n) is 2.74. The zero-order chi connectivity index (χ0) is 16.9. The molecule has 0 saturated carbocycles. The molecule has 1 aliphatic heterocycles. The number of hydrogen-bond donors (Lipinski definition) is 2. The molecule has 0 aliphatic carbocycles. The van der Waals surface area contributed by atoms with Crippen molar-refractivity contribution in [3.05, 3.63) is 40.4 Å². The number of aromatic nitrogens is 1. The van der Waals surface area contributed by atoms with Gasteiger partial charge in [0.15, 0.2) is 5.13 Å². The Morgan fingerprint density at radius 3 is 3.08 bits per heavy atom. The fourth-order valence-corrected chi connectivity index (χ4v) is 3.82. The number of thiazole rings is 1. The van der Waals surface area contributed by atoms with Crippen LogP contribution >= 0.6 is 11.3 Å².